The molecular weight excluding hydrogens is 399 g/mol. The van der Waals surface area contributed by atoms with E-state index in [1.54, 1.807) is 25.3 Å². The number of anilines is 1. The van der Waals surface area contributed by atoms with Crippen LogP contribution in [0.15, 0.2) is 70.1 Å². The Bertz CT molecular complexity index is 1080. The summed E-state index contributed by atoms with van der Waals surface area (Å²) in [7, 11) is 1.69. The molecule has 3 aromatic rings. The van der Waals surface area contributed by atoms with Crippen LogP contribution in [0, 0.1) is 5.82 Å². The average molecular weight is 425 g/mol. The molecule has 4 rings (SSSR count). The Hall–Kier alpha value is -3.32. The lowest BCUT2D eigenvalue weighted by atomic mass is 10.2. The van der Waals surface area contributed by atoms with E-state index in [0.717, 1.165) is 37.6 Å². The van der Waals surface area contributed by atoms with Gasteiger partial charge in [0.15, 0.2) is 5.76 Å². The van der Waals surface area contributed by atoms with Gasteiger partial charge in [0.1, 0.15) is 31.0 Å². The number of quaternary nitrogens is 1. The Morgan fingerprint density at radius 3 is 2.55 bits per heavy atom. The maximum atomic E-state index is 13.7. The molecule has 1 fully saturated rings. The quantitative estimate of drug-likeness (QED) is 0.630. The minimum Gasteiger partial charge on any atom is -0.495 e. The van der Waals surface area contributed by atoms with E-state index in [4.69, 9.17) is 13.9 Å². The van der Waals surface area contributed by atoms with Crippen molar-refractivity contribution in [2.24, 2.45) is 0 Å². The van der Waals surface area contributed by atoms with E-state index in [9.17, 15) is 9.18 Å². The molecule has 1 N–H and O–H groups in total. The molecular formula is C24H26FN2O4+. The number of methoxy groups -OCH3 is 1. The molecule has 6 nitrogen and oxygen atoms in total. The number of para-hydroxylation sites is 2. The van der Waals surface area contributed by atoms with Crippen LogP contribution in [0.2, 0.25) is 0 Å². The first-order valence-corrected chi connectivity index (χ1v) is 10.3. The molecule has 1 aliphatic heterocycles. The third kappa shape index (κ3) is 5.06. The van der Waals surface area contributed by atoms with Crippen LogP contribution in [-0.2, 0) is 13.2 Å². The van der Waals surface area contributed by atoms with Crippen LogP contribution in [-0.4, -0.2) is 33.3 Å². The Morgan fingerprint density at radius 1 is 1.06 bits per heavy atom. The normalized spacial score (nSPS) is 14.5. The molecule has 31 heavy (non-hydrogen) atoms. The van der Waals surface area contributed by atoms with Crippen molar-refractivity contribution in [1.82, 2.24) is 0 Å². The molecule has 0 unspecified atom stereocenters. The van der Waals surface area contributed by atoms with Crippen LogP contribution >= 0.6 is 0 Å². The number of benzene rings is 2. The van der Waals surface area contributed by atoms with Gasteiger partial charge in [0.05, 0.1) is 39.0 Å². The zero-order valence-electron chi connectivity index (χ0n) is 17.5. The van der Waals surface area contributed by atoms with Crippen LogP contribution in [0.25, 0.3) is 0 Å². The van der Waals surface area contributed by atoms with E-state index in [0.29, 0.717) is 17.9 Å². The fourth-order valence-corrected chi connectivity index (χ4v) is 3.79. The second-order valence-corrected chi connectivity index (χ2v) is 7.54. The van der Waals surface area contributed by atoms with E-state index in [2.05, 4.69) is 11.0 Å². The van der Waals surface area contributed by atoms with Crippen molar-refractivity contribution in [3.63, 3.8) is 0 Å². The highest BCUT2D eigenvalue weighted by Crippen LogP contribution is 2.27. The van der Waals surface area contributed by atoms with Crippen molar-refractivity contribution >= 4 is 5.69 Å². The summed E-state index contributed by atoms with van der Waals surface area (Å²) in [5, 5.41) is 0. The van der Waals surface area contributed by atoms with E-state index in [1.165, 1.54) is 23.3 Å². The topological polar surface area (TPSA) is 56.4 Å². The zero-order chi connectivity index (χ0) is 21.6. The lowest BCUT2D eigenvalue weighted by molar-refractivity contribution is -0.915. The fraction of sp³-hybridized carbons (Fsp3) is 0.292. The number of halogens is 1. The van der Waals surface area contributed by atoms with E-state index in [1.807, 2.05) is 18.2 Å². The molecule has 7 heteroatoms. The van der Waals surface area contributed by atoms with Crippen molar-refractivity contribution < 1.29 is 23.2 Å². The van der Waals surface area contributed by atoms with Gasteiger partial charge in [0, 0.05) is 11.6 Å². The van der Waals surface area contributed by atoms with E-state index in [-0.39, 0.29) is 23.6 Å². The Labute approximate surface area is 180 Å². The van der Waals surface area contributed by atoms with Crippen LogP contribution in [0.4, 0.5) is 10.1 Å². The number of piperazine rings is 1. The highest BCUT2D eigenvalue weighted by molar-refractivity contribution is 5.58. The largest absolute Gasteiger partial charge is 0.495 e. The second-order valence-electron chi connectivity index (χ2n) is 7.54. The van der Waals surface area contributed by atoms with Gasteiger partial charge in [-0.15, -0.1) is 0 Å². The summed E-state index contributed by atoms with van der Waals surface area (Å²) >= 11 is 0. The Morgan fingerprint density at radius 2 is 1.81 bits per heavy atom. The standard InChI is InChI=1S/C24H25FN2O4/c1-29-23-9-5-4-8-21(23)27-12-10-26(11-13-27)15-19-14-22(28)24(17-30-19)31-16-18-6-2-3-7-20(18)25/h2-9,14,17H,10-13,15-16H2,1H3/p+1. The number of hydrogen-bond acceptors (Lipinski definition) is 5. The number of rotatable bonds is 7. The highest BCUT2D eigenvalue weighted by atomic mass is 19.1. The molecule has 0 aliphatic carbocycles. The van der Waals surface area contributed by atoms with Crippen LogP contribution in [0.5, 0.6) is 11.5 Å². The van der Waals surface area contributed by atoms with Gasteiger partial charge in [-0.25, -0.2) is 4.39 Å². The van der Waals surface area contributed by atoms with Crippen molar-refractivity contribution in [2.45, 2.75) is 13.2 Å². The first-order chi connectivity index (χ1) is 15.1. The summed E-state index contributed by atoms with van der Waals surface area (Å²) in [6.07, 6.45) is 1.32. The summed E-state index contributed by atoms with van der Waals surface area (Å²) in [6, 6.07) is 15.8. The number of hydrogen-bond donors (Lipinski definition) is 1. The molecule has 2 aromatic carbocycles. The van der Waals surface area contributed by atoms with Gasteiger partial charge in [-0.1, -0.05) is 30.3 Å². The SMILES string of the molecule is COc1ccccc1N1CC[NH+](Cc2cc(=O)c(OCc3ccccc3F)co2)CC1. The third-order valence-corrected chi connectivity index (χ3v) is 5.51. The molecule has 0 atom stereocenters. The van der Waals surface area contributed by atoms with Crippen molar-refractivity contribution in [3.8, 4) is 11.5 Å². The number of ether oxygens (including phenoxy) is 2. The lowest BCUT2D eigenvalue weighted by Crippen LogP contribution is -3.13. The maximum absolute atomic E-state index is 13.7. The van der Waals surface area contributed by atoms with Gasteiger partial charge in [0.2, 0.25) is 11.2 Å². The molecule has 1 aromatic heterocycles. The molecule has 0 bridgehead atoms. The summed E-state index contributed by atoms with van der Waals surface area (Å²) < 4.78 is 30.3. The number of nitrogens with one attached hydrogen (secondary N) is 1. The summed E-state index contributed by atoms with van der Waals surface area (Å²) in [6.45, 7) is 4.24. The maximum Gasteiger partial charge on any atom is 0.227 e. The molecule has 0 radical (unpaired) electrons. The van der Waals surface area contributed by atoms with Gasteiger partial charge < -0.3 is 23.7 Å². The second kappa shape index (κ2) is 9.66. The highest BCUT2D eigenvalue weighted by Gasteiger charge is 2.23. The van der Waals surface area contributed by atoms with Crippen LogP contribution in [0.1, 0.15) is 11.3 Å². The fourth-order valence-electron chi connectivity index (χ4n) is 3.79. The van der Waals surface area contributed by atoms with Gasteiger partial charge >= 0.3 is 0 Å². The molecule has 0 amide bonds. The van der Waals surface area contributed by atoms with Gasteiger partial charge in [-0.2, -0.15) is 0 Å². The predicted octanol–water partition coefficient (Wildman–Crippen LogP) is 2.27. The molecule has 0 saturated carbocycles. The smallest absolute Gasteiger partial charge is 0.227 e. The minimum absolute atomic E-state index is 0.0209. The zero-order valence-corrected chi connectivity index (χ0v) is 17.5. The minimum atomic E-state index is -0.362. The monoisotopic (exact) mass is 425 g/mol. The van der Waals surface area contributed by atoms with Crippen LogP contribution < -0.4 is 24.7 Å². The predicted molar refractivity (Wildman–Crippen MR) is 115 cm³/mol. The van der Waals surface area contributed by atoms with Crippen molar-refractivity contribution in [1.29, 1.82) is 0 Å². The molecule has 2 heterocycles. The molecule has 1 aliphatic rings. The summed E-state index contributed by atoms with van der Waals surface area (Å²) in [4.78, 5) is 16.0. The van der Waals surface area contributed by atoms with Gasteiger partial charge in [-0.05, 0) is 18.2 Å². The third-order valence-electron chi connectivity index (χ3n) is 5.51. The first-order valence-electron chi connectivity index (χ1n) is 10.3. The summed E-state index contributed by atoms with van der Waals surface area (Å²) in [5.41, 5.74) is 1.24. The first kappa shape index (κ1) is 20.9. The Kier molecular flexibility index (Phi) is 6.52. The van der Waals surface area contributed by atoms with E-state index >= 15 is 0 Å². The Balaban J connectivity index is 1.33. The van der Waals surface area contributed by atoms with Gasteiger partial charge in [0.25, 0.3) is 0 Å². The lowest BCUT2D eigenvalue weighted by Gasteiger charge is -2.34. The average Bonchev–Trinajstić information content (AvgIpc) is 2.80. The summed E-state index contributed by atoms with van der Waals surface area (Å²) in [5.74, 6) is 1.22. The molecule has 0 spiro atoms. The number of nitrogens with zero attached hydrogens (tertiary/aromatic N) is 1. The van der Waals surface area contributed by atoms with Crippen molar-refractivity contribution in [2.75, 3.05) is 38.2 Å². The van der Waals surface area contributed by atoms with E-state index < -0.39 is 0 Å². The molecule has 1 saturated heterocycles. The van der Waals surface area contributed by atoms with Crippen LogP contribution in [0.3, 0.4) is 0 Å². The van der Waals surface area contributed by atoms with Crippen molar-refractivity contribution in [3.05, 3.63) is 88.2 Å². The molecule has 162 valence electrons. The van der Waals surface area contributed by atoms with Gasteiger partial charge in [-0.3, -0.25) is 4.79 Å².